The van der Waals surface area contributed by atoms with Crippen LogP contribution in [0.2, 0.25) is 0 Å². The maximum absolute atomic E-state index is 12.4. The predicted octanol–water partition coefficient (Wildman–Crippen LogP) is 3.91. The second kappa shape index (κ2) is 8.58. The molecule has 132 valence electrons. The minimum absolute atomic E-state index is 0.0140. The van der Waals surface area contributed by atoms with E-state index in [1.165, 1.54) is 18.1 Å². The molecule has 2 aromatic carbocycles. The number of anilines is 1. The number of hydrogen-bond acceptors (Lipinski definition) is 3. The first-order chi connectivity index (χ1) is 11.9. The summed E-state index contributed by atoms with van der Waals surface area (Å²) in [5, 5.41) is 2.90. The minimum Gasteiger partial charge on any atom is -0.325 e. The molecule has 0 fully saturated rings. The number of likely N-dealkylation sites (N-methyl/N-ethyl adjacent to an activating group) is 1. The number of Topliss-reactive ketones (excluding diaryl/α,β-unsaturated/α-hetero) is 1. The molecule has 0 aromatic heterocycles. The third-order valence-electron chi connectivity index (χ3n) is 4.46. The highest BCUT2D eigenvalue weighted by Crippen LogP contribution is 2.13. The Kier molecular flexibility index (Phi) is 6.48. The van der Waals surface area contributed by atoms with Gasteiger partial charge in [0, 0.05) is 17.8 Å². The zero-order valence-electron chi connectivity index (χ0n) is 15.4. The van der Waals surface area contributed by atoms with E-state index >= 15 is 0 Å². The number of nitrogens with zero attached hydrogens (tertiary/aromatic N) is 1. The van der Waals surface area contributed by atoms with Crippen molar-refractivity contribution in [2.75, 3.05) is 12.4 Å². The van der Waals surface area contributed by atoms with Gasteiger partial charge in [0.2, 0.25) is 5.91 Å². The molecule has 0 radical (unpaired) electrons. The predicted molar refractivity (Wildman–Crippen MR) is 102 cm³/mol. The molecule has 4 nitrogen and oxygen atoms in total. The highest BCUT2D eigenvalue weighted by molar-refractivity contribution is 5.96. The van der Waals surface area contributed by atoms with Crippen LogP contribution in [0.1, 0.15) is 42.3 Å². The van der Waals surface area contributed by atoms with Crippen molar-refractivity contribution in [2.24, 2.45) is 0 Å². The second-order valence-corrected chi connectivity index (χ2v) is 6.38. The number of amides is 1. The van der Waals surface area contributed by atoms with Crippen LogP contribution >= 0.6 is 0 Å². The summed E-state index contributed by atoms with van der Waals surface area (Å²) in [6.07, 6.45) is 1.03. The average molecular weight is 338 g/mol. The summed E-state index contributed by atoms with van der Waals surface area (Å²) in [5.41, 5.74) is 3.83. The molecular weight excluding hydrogens is 312 g/mol. The highest BCUT2D eigenvalue weighted by atomic mass is 16.2. The van der Waals surface area contributed by atoms with E-state index in [0.29, 0.717) is 17.8 Å². The topological polar surface area (TPSA) is 49.4 Å². The molecule has 1 unspecified atom stereocenters. The van der Waals surface area contributed by atoms with Crippen molar-refractivity contribution in [1.29, 1.82) is 0 Å². The summed E-state index contributed by atoms with van der Waals surface area (Å²) in [5.74, 6) is -0.0525. The normalized spacial score (nSPS) is 12.0. The number of carbonyl (C=O) groups excluding carboxylic acids is 2. The SMILES string of the molecule is CCc1ccc(CN(C)C(C)C(=O)Nc2ccc(C(C)=O)cc2)cc1. The van der Waals surface area contributed by atoms with Crippen molar-refractivity contribution >= 4 is 17.4 Å². The van der Waals surface area contributed by atoms with Gasteiger partial charge in [-0.3, -0.25) is 14.5 Å². The zero-order valence-corrected chi connectivity index (χ0v) is 15.4. The van der Waals surface area contributed by atoms with Gasteiger partial charge in [0.25, 0.3) is 0 Å². The van der Waals surface area contributed by atoms with Gasteiger partial charge in [0.05, 0.1) is 6.04 Å². The van der Waals surface area contributed by atoms with Gasteiger partial charge in [-0.25, -0.2) is 0 Å². The van der Waals surface area contributed by atoms with Crippen molar-refractivity contribution in [3.05, 3.63) is 65.2 Å². The number of hydrogen-bond donors (Lipinski definition) is 1. The standard InChI is InChI=1S/C21H26N2O2/c1-5-17-6-8-18(9-7-17)14-23(4)15(2)21(25)22-20-12-10-19(11-13-20)16(3)24/h6-13,15H,5,14H2,1-4H3,(H,22,25). The van der Waals surface area contributed by atoms with Crippen molar-refractivity contribution in [3.63, 3.8) is 0 Å². The number of benzene rings is 2. The van der Waals surface area contributed by atoms with E-state index in [-0.39, 0.29) is 17.7 Å². The number of rotatable bonds is 7. The minimum atomic E-state index is -0.265. The first-order valence-electron chi connectivity index (χ1n) is 8.60. The van der Waals surface area contributed by atoms with E-state index in [9.17, 15) is 9.59 Å². The molecular formula is C21H26N2O2. The van der Waals surface area contributed by atoms with Gasteiger partial charge in [0.15, 0.2) is 5.78 Å². The van der Waals surface area contributed by atoms with Crippen LogP contribution in [-0.4, -0.2) is 29.7 Å². The molecule has 1 amide bonds. The van der Waals surface area contributed by atoms with Crippen molar-refractivity contribution in [3.8, 4) is 0 Å². The number of nitrogens with one attached hydrogen (secondary N) is 1. The van der Waals surface area contributed by atoms with Crippen LogP contribution in [0.25, 0.3) is 0 Å². The molecule has 2 aromatic rings. The van der Waals surface area contributed by atoms with Crippen LogP contribution in [-0.2, 0) is 17.8 Å². The molecule has 2 rings (SSSR count). The van der Waals surface area contributed by atoms with Gasteiger partial charge in [-0.05, 0) is 62.7 Å². The van der Waals surface area contributed by atoms with Crippen LogP contribution in [0.3, 0.4) is 0 Å². The quantitative estimate of drug-likeness (QED) is 0.779. The third-order valence-corrected chi connectivity index (χ3v) is 4.46. The number of aryl methyl sites for hydroxylation is 1. The van der Waals surface area contributed by atoms with Gasteiger partial charge < -0.3 is 5.32 Å². The largest absolute Gasteiger partial charge is 0.325 e. The first kappa shape index (κ1) is 18.9. The van der Waals surface area contributed by atoms with E-state index < -0.39 is 0 Å². The Labute approximate surface area is 149 Å². The Balaban J connectivity index is 1.94. The Morgan fingerprint density at radius 3 is 2.08 bits per heavy atom. The molecule has 1 N–H and O–H groups in total. The first-order valence-corrected chi connectivity index (χ1v) is 8.60. The molecule has 0 spiro atoms. The van der Waals surface area contributed by atoms with E-state index in [0.717, 1.165) is 6.42 Å². The van der Waals surface area contributed by atoms with Crippen molar-refractivity contribution in [1.82, 2.24) is 4.90 Å². The van der Waals surface area contributed by atoms with Crippen LogP contribution in [0.5, 0.6) is 0 Å². The Morgan fingerprint density at radius 2 is 1.56 bits per heavy atom. The Morgan fingerprint density at radius 1 is 1.00 bits per heavy atom. The fourth-order valence-corrected chi connectivity index (χ4v) is 2.54. The summed E-state index contributed by atoms with van der Waals surface area (Å²) in [4.78, 5) is 25.8. The lowest BCUT2D eigenvalue weighted by atomic mass is 10.1. The fourth-order valence-electron chi connectivity index (χ4n) is 2.54. The van der Waals surface area contributed by atoms with Crippen molar-refractivity contribution in [2.45, 2.75) is 39.8 Å². The maximum atomic E-state index is 12.4. The van der Waals surface area contributed by atoms with E-state index in [4.69, 9.17) is 0 Å². The number of carbonyl (C=O) groups is 2. The van der Waals surface area contributed by atoms with E-state index in [1.807, 2.05) is 18.9 Å². The lowest BCUT2D eigenvalue weighted by Gasteiger charge is -2.24. The molecule has 0 aliphatic rings. The summed E-state index contributed by atoms with van der Waals surface area (Å²) in [6.45, 7) is 6.26. The zero-order chi connectivity index (χ0) is 18.4. The fraction of sp³-hybridized carbons (Fsp3) is 0.333. The third kappa shape index (κ3) is 5.26. The maximum Gasteiger partial charge on any atom is 0.241 e. The molecule has 0 bridgehead atoms. The van der Waals surface area contributed by atoms with E-state index in [1.54, 1.807) is 24.3 Å². The molecule has 0 saturated carbocycles. The Bertz CT molecular complexity index is 721. The van der Waals surface area contributed by atoms with Gasteiger partial charge in [-0.15, -0.1) is 0 Å². The lowest BCUT2D eigenvalue weighted by Crippen LogP contribution is -2.39. The molecule has 0 aliphatic carbocycles. The summed E-state index contributed by atoms with van der Waals surface area (Å²) >= 11 is 0. The molecule has 0 heterocycles. The molecule has 0 saturated heterocycles. The average Bonchev–Trinajstić information content (AvgIpc) is 2.62. The summed E-state index contributed by atoms with van der Waals surface area (Å²) < 4.78 is 0. The van der Waals surface area contributed by atoms with Gasteiger partial charge in [-0.1, -0.05) is 31.2 Å². The van der Waals surface area contributed by atoms with Gasteiger partial charge >= 0.3 is 0 Å². The number of ketones is 1. The van der Waals surface area contributed by atoms with Gasteiger partial charge in [0.1, 0.15) is 0 Å². The highest BCUT2D eigenvalue weighted by Gasteiger charge is 2.18. The van der Waals surface area contributed by atoms with Crippen LogP contribution < -0.4 is 5.32 Å². The van der Waals surface area contributed by atoms with Crippen LogP contribution in [0.4, 0.5) is 5.69 Å². The summed E-state index contributed by atoms with van der Waals surface area (Å²) in [6, 6.07) is 15.2. The summed E-state index contributed by atoms with van der Waals surface area (Å²) in [7, 11) is 1.94. The van der Waals surface area contributed by atoms with Gasteiger partial charge in [-0.2, -0.15) is 0 Å². The Hall–Kier alpha value is -2.46. The van der Waals surface area contributed by atoms with E-state index in [2.05, 4.69) is 36.5 Å². The second-order valence-electron chi connectivity index (χ2n) is 6.38. The molecule has 25 heavy (non-hydrogen) atoms. The monoisotopic (exact) mass is 338 g/mol. The molecule has 0 aliphatic heterocycles. The lowest BCUT2D eigenvalue weighted by molar-refractivity contribution is -0.120. The molecule has 1 atom stereocenters. The smallest absolute Gasteiger partial charge is 0.241 e. The molecule has 4 heteroatoms. The van der Waals surface area contributed by atoms with Crippen LogP contribution in [0, 0.1) is 0 Å². The van der Waals surface area contributed by atoms with Crippen LogP contribution in [0.15, 0.2) is 48.5 Å². The van der Waals surface area contributed by atoms with Crippen molar-refractivity contribution < 1.29 is 9.59 Å².